The minimum atomic E-state index is -0.524. The molecular weight excluding hydrogens is 477 g/mol. The molecule has 0 aromatic heterocycles. The molecule has 34 heavy (non-hydrogen) atoms. The molecular formula is C25H19Cl2N3O4. The monoisotopic (exact) mass is 495 g/mol. The van der Waals surface area contributed by atoms with Crippen LogP contribution in [0.3, 0.4) is 0 Å². The van der Waals surface area contributed by atoms with Gasteiger partial charge in [-0.05, 0) is 54.0 Å². The maximum Gasteiger partial charge on any atom is 0.269 e. The normalized spacial score (nSPS) is 11.9. The number of nitro groups is 1. The van der Waals surface area contributed by atoms with Crippen molar-refractivity contribution in [2.24, 2.45) is 0 Å². The number of hydrogen-bond acceptors (Lipinski definition) is 5. The van der Waals surface area contributed by atoms with Crippen molar-refractivity contribution in [3.63, 3.8) is 0 Å². The highest BCUT2D eigenvalue weighted by Gasteiger charge is 2.15. The topological polar surface area (TPSA) is 105 Å². The number of hydrogen-bond donors (Lipinski definition) is 1. The van der Waals surface area contributed by atoms with Gasteiger partial charge in [-0.25, -0.2) is 0 Å². The Morgan fingerprint density at radius 2 is 1.76 bits per heavy atom. The van der Waals surface area contributed by atoms with Crippen molar-refractivity contribution in [3.05, 3.63) is 109 Å². The molecule has 0 saturated carbocycles. The van der Waals surface area contributed by atoms with Crippen molar-refractivity contribution in [2.75, 3.05) is 0 Å². The molecule has 0 aliphatic rings. The molecule has 0 saturated heterocycles. The van der Waals surface area contributed by atoms with Gasteiger partial charge in [-0.1, -0.05) is 53.5 Å². The number of nitrogens with zero attached hydrogens (tertiary/aromatic N) is 2. The molecule has 172 valence electrons. The molecule has 1 N–H and O–H groups in total. The first-order valence-corrected chi connectivity index (χ1v) is 10.9. The lowest BCUT2D eigenvalue weighted by Crippen LogP contribution is -2.27. The van der Waals surface area contributed by atoms with Crippen molar-refractivity contribution in [1.82, 2.24) is 5.32 Å². The van der Waals surface area contributed by atoms with Gasteiger partial charge in [-0.15, -0.1) is 0 Å². The van der Waals surface area contributed by atoms with E-state index in [1.165, 1.54) is 30.3 Å². The standard InChI is InChI=1S/C25H19Cl2N3O4/c1-16(19-5-3-2-4-6-19)29-25(31)20(14-28)11-18-12-22(26)24(23(27)13-18)34-15-17-7-9-21(10-8-17)30(32)33/h2-13,16H,15H2,1H3,(H,29,31)/b20-11-/t16-/m1/s1. The van der Waals surface area contributed by atoms with E-state index >= 15 is 0 Å². The Kier molecular flexibility index (Phi) is 8.25. The number of ether oxygens (including phenoxy) is 1. The summed E-state index contributed by atoms with van der Waals surface area (Å²) in [4.78, 5) is 22.9. The number of nitro benzene ring substituents is 1. The number of benzene rings is 3. The van der Waals surface area contributed by atoms with Gasteiger partial charge >= 0.3 is 0 Å². The minimum absolute atomic E-state index is 0.0218. The van der Waals surface area contributed by atoms with E-state index in [4.69, 9.17) is 27.9 Å². The molecule has 0 bridgehead atoms. The third kappa shape index (κ3) is 6.35. The number of nitriles is 1. The van der Waals surface area contributed by atoms with E-state index < -0.39 is 10.8 Å². The number of amides is 1. The summed E-state index contributed by atoms with van der Waals surface area (Å²) in [6.07, 6.45) is 1.39. The average Bonchev–Trinajstić information content (AvgIpc) is 2.82. The minimum Gasteiger partial charge on any atom is -0.486 e. The van der Waals surface area contributed by atoms with Gasteiger partial charge in [0, 0.05) is 12.1 Å². The highest BCUT2D eigenvalue weighted by Crippen LogP contribution is 2.35. The number of rotatable bonds is 8. The van der Waals surface area contributed by atoms with Crippen LogP contribution in [0.1, 0.15) is 29.7 Å². The van der Waals surface area contributed by atoms with Gasteiger partial charge in [0.15, 0.2) is 5.75 Å². The van der Waals surface area contributed by atoms with Crippen LogP contribution in [-0.4, -0.2) is 10.8 Å². The Bertz CT molecular complexity index is 1250. The highest BCUT2D eigenvalue weighted by atomic mass is 35.5. The third-order valence-corrected chi connectivity index (χ3v) is 5.44. The first-order chi connectivity index (χ1) is 16.3. The van der Waals surface area contributed by atoms with Gasteiger partial charge in [0.1, 0.15) is 18.2 Å². The van der Waals surface area contributed by atoms with Gasteiger partial charge in [0.2, 0.25) is 0 Å². The lowest BCUT2D eigenvalue weighted by molar-refractivity contribution is -0.384. The summed E-state index contributed by atoms with van der Waals surface area (Å²) in [7, 11) is 0. The fourth-order valence-corrected chi connectivity index (χ4v) is 3.70. The van der Waals surface area contributed by atoms with Crippen molar-refractivity contribution in [3.8, 4) is 11.8 Å². The summed E-state index contributed by atoms with van der Waals surface area (Å²) in [5.74, 6) is -0.302. The lowest BCUT2D eigenvalue weighted by Gasteiger charge is -2.14. The average molecular weight is 496 g/mol. The second-order valence-electron chi connectivity index (χ2n) is 7.30. The first-order valence-electron chi connectivity index (χ1n) is 10.1. The molecule has 0 aliphatic carbocycles. The molecule has 3 aromatic rings. The second kappa shape index (κ2) is 11.3. The first kappa shape index (κ1) is 24.8. The summed E-state index contributed by atoms with van der Waals surface area (Å²) in [6, 6.07) is 20.0. The number of non-ortho nitro benzene ring substituents is 1. The predicted molar refractivity (Wildman–Crippen MR) is 130 cm³/mol. The Balaban J connectivity index is 1.72. The quantitative estimate of drug-likeness (QED) is 0.171. The zero-order valence-corrected chi connectivity index (χ0v) is 19.5. The fourth-order valence-electron chi connectivity index (χ4n) is 3.08. The Labute approximate surface area is 206 Å². The van der Waals surface area contributed by atoms with Crippen LogP contribution in [0, 0.1) is 21.4 Å². The molecule has 0 radical (unpaired) electrons. The maximum atomic E-state index is 12.6. The smallest absolute Gasteiger partial charge is 0.269 e. The van der Waals surface area contributed by atoms with Gasteiger partial charge < -0.3 is 10.1 Å². The van der Waals surface area contributed by atoms with Crippen LogP contribution in [0.15, 0.2) is 72.3 Å². The van der Waals surface area contributed by atoms with Crippen molar-refractivity contribution in [2.45, 2.75) is 19.6 Å². The molecule has 3 rings (SSSR count). The molecule has 3 aromatic carbocycles. The van der Waals surface area contributed by atoms with E-state index in [2.05, 4.69) is 5.32 Å². The maximum absolute atomic E-state index is 12.6. The van der Waals surface area contributed by atoms with Gasteiger partial charge in [-0.2, -0.15) is 5.26 Å². The summed E-state index contributed by atoms with van der Waals surface area (Å²) < 4.78 is 5.69. The van der Waals surface area contributed by atoms with Crippen LogP contribution in [0.2, 0.25) is 10.0 Å². The Hall–Kier alpha value is -3.86. The van der Waals surface area contributed by atoms with Crippen LogP contribution in [-0.2, 0) is 11.4 Å². The largest absolute Gasteiger partial charge is 0.486 e. The van der Waals surface area contributed by atoms with Crippen LogP contribution in [0.4, 0.5) is 5.69 Å². The van der Waals surface area contributed by atoms with Crippen LogP contribution in [0.25, 0.3) is 6.08 Å². The van der Waals surface area contributed by atoms with E-state index in [0.29, 0.717) is 11.1 Å². The summed E-state index contributed by atoms with van der Waals surface area (Å²) in [6.45, 7) is 1.92. The number of carbonyl (C=O) groups is 1. The van der Waals surface area contributed by atoms with Gasteiger partial charge in [0.25, 0.3) is 11.6 Å². The summed E-state index contributed by atoms with van der Waals surface area (Å²) in [5, 5.41) is 23.4. The Morgan fingerprint density at radius 1 is 1.15 bits per heavy atom. The molecule has 0 heterocycles. The van der Waals surface area contributed by atoms with E-state index in [0.717, 1.165) is 5.56 Å². The predicted octanol–water partition coefficient (Wildman–Crippen LogP) is 6.26. The molecule has 7 nitrogen and oxygen atoms in total. The van der Waals surface area contributed by atoms with Crippen LogP contribution in [0.5, 0.6) is 5.75 Å². The zero-order chi connectivity index (χ0) is 24.7. The van der Waals surface area contributed by atoms with Crippen molar-refractivity contribution in [1.29, 1.82) is 5.26 Å². The van der Waals surface area contributed by atoms with E-state index in [1.807, 2.05) is 43.3 Å². The second-order valence-corrected chi connectivity index (χ2v) is 8.12. The zero-order valence-electron chi connectivity index (χ0n) is 18.0. The SMILES string of the molecule is C[C@@H](NC(=O)/C(C#N)=C\c1cc(Cl)c(OCc2ccc([N+](=O)[O-])cc2)c(Cl)c1)c1ccccc1. The van der Waals surface area contributed by atoms with E-state index in [1.54, 1.807) is 12.1 Å². The summed E-state index contributed by atoms with van der Waals surface area (Å²) >= 11 is 12.7. The van der Waals surface area contributed by atoms with Crippen molar-refractivity contribution >= 4 is 40.9 Å². The molecule has 9 heteroatoms. The number of halogens is 2. The molecule has 1 amide bonds. The summed E-state index contributed by atoms with van der Waals surface area (Å²) in [5.41, 5.74) is 1.93. The highest BCUT2D eigenvalue weighted by molar-refractivity contribution is 6.37. The lowest BCUT2D eigenvalue weighted by atomic mass is 10.1. The number of carbonyl (C=O) groups excluding carboxylic acids is 1. The molecule has 0 fully saturated rings. The molecule has 0 spiro atoms. The van der Waals surface area contributed by atoms with Gasteiger partial charge in [-0.3, -0.25) is 14.9 Å². The van der Waals surface area contributed by atoms with Gasteiger partial charge in [0.05, 0.1) is 21.0 Å². The van der Waals surface area contributed by atoms with Crippen LogP contribution < -0.4 is 10.1 Å². The van der Waals surface area contributed by atoms with Crippen molar-refractivity contribution < 1.29 is 14.5 Å². The molecule has 0 unspecified atom stereocenters. The molecule has 1 atom stereocenters. The van der Waals surface area contributed by atoms with E-state index in [-0.39, 0.29) is 39.7 Å². The Morgan fingerprint density at radius 3 is 2.32 bits per heavy atom. The third-order valence-electron chi connectivity index (χ3n) is 4.87. The van der Waals surface area contributed by atoms with Crippen LogP contribution >= 0.6 is 23.2 Å². The molecule has 0 aliphatic heterocycles. The van der Waals surface area contributed by atoms with E-state index in [9.17, 15) is 20.2 Å². The number of nitrogens with one attached hydrogen (secondary N) is 1. The fraction of sp³-hybridized carbons (Fsp3) is 0.120.